The topological polar surface area (TPSA) is 186 Å². The third-order valence-electron chi connectivity index (χ3n) is 5.65. The van der Waals surface area contributed by atoms with E-state index >= 15 is 0 Å². The van der Waals surface area contributed by atoms with E-state index in [0.717, 1.165) is 16.2 Å². The lowest BCUT2D eigenvalue weighted by Crippen LogP contribution is -2.50. The summed E-state index contributed by atoms with van der Waals surface area (Å²) in [5.74, 6) is -0.607. The molecule has 2 atom stereocenters. The summed E-state index contributed by atoms with van der Waals surface area (Å²) < 4.78 is 76.6. The van der Waals surface area contributed by atoms with Crippen LogP contribution in [0.25, 0.3) is 0 Å². The van der Waals surface area contributed by atoms with Gasteiger partial charge in [-0.2, -0.15) is 21.6 Å². The molecule has 0 fully saturated rings. The molecule has 1 aromatic carbocycles. The zero-order valence-corrected chi connectivity index (χ0v) is 23.6. The highest BCUT2D eigenvalue weighted by Gasteiger charge is 2.32. The van der Waals surface area contributed by atoms with Gasteiger partial charge in [0.15, 0.2) is 0 Å². The maximum absolute atomic E-state index is 13.5. The predicted molar refractivity (Wildman–Crippen MR) is 145 cm³/mol. The number of pyridine rings is 1. The van der Waals surface area contributed by atoms with Crippen LogP contribution in [0.4, 0.5) is 23.7 Å². The highest BCUT2D eigenvalue weighted by atomic mass is 32.2. The summed E-state index contributed by atoms with van der Waals surface area (Å²) in [6, 6.07) is 7.17. The van der Waals surface area contributed by atoms with Crippen LogP contribution < -0.4 is 16.2 Å². The van der Waals surface area contributed by atoms with Gasteiger partial charge in [-0.25, -0.2) is 9.78 Å². The molecular weight excluding hydrogens is 589 g/mol. The summed E-state index contributed by atoms with van der Waals surface area (Å²) in [6.45, 7) is 0. The molecule has 224 valence electrons. The predicted octanol–water partition coefficient (Wildman–Crippen LogP) is 3.73. The Labute approximate surface area is 238 Å². The fourth-order valence-corrected chi connectivity index (χ4v) is 5.06. The van der Waals surface area contributed by atoms with Crippen molar-refractivity contribution in [2.24, 2.45) is 0 Å². The molecule has 0 unspecified atom stereocenters. The van der Waals surface area contributed by atoms with Gasteiger partial charge in [-0.3, -0.25) is 24.0 Å². The van der Waals surface area contributed by atoms with Gasteiger partial charge in [-0.05, 0) is 41.8 Å². The lowest BCUT2D eigenvalue weighted by molar-refractivity contribution is -0.128. The fraction of sp³-hybridized carbons (Fsp3) is 0.333. The summed E-state index contributed by atoms with van der Waals surface area (Å²) in [5, 5.41) is 4.03. The first-order valence-electron chi connectivity index (χ1n) is 11.6. The van der Waals surface area contributed by atoms with Gasteiger partial charge in [-0.1, -0.05) is 12.1 Å². The molecule has 3 aromatic rings. The number of hydrogen-bond donors (Lipinski definition) is 4. The highest BCUT2D eigenvalue weighted by molar-refractivity contribution is 7.87. The first-order chi connectivity index (χ1) is 18.7. The molecule has 3 rings (SSSR count). The van der Waals surface area contributed by atoms with Gasteiger partial charge in [0.1, 0.15) is 11.0 Å². The van der Waals surface area contributed by atoms with Crippen LogP contribution in [0.2, 0.25) is 0 Å². The monoisotopic (exact) mass is 618 g/mol. The molecule has 0 bridgehead atoms. The van der Waals surface area contributed by atoms with E-state index in [-0.39, 0.29) is 35.4 Å². The van der Waals surface area contributed by atoms with Crippen LogP contribution >= 0.6 is 11.3 Å². The van der Waals surface area contributed by atoms with Gasteiger partial charge >= 0.3 is 22.6 Å². The first kappa shape index (κ1) is 33.4. The van der Waals surface area contributed by atoms with E-state index in [9.17, 15) is 31.2 Å². The number of nitrogens with zero attached hydrogens (tertiary/aromatic N) is 3. The number of carbonyl (C=O) groups excluding carboxylic acids is 2. The number of anilines is 1. The third kappa shape index (κ3) is 10.6. The van der Waals surface area contributed by atoms with E-state index in [1.54, 1.807) is 12.1 Å². The number of hydrogen-bond acceptors (Lipinski definition) is 9. The zero-order valence-electron chi connectivity index (χ0n) is 22.0. The molecular formula is C24H29F3N6O6S2. The number of aromatic nitrogens is 2. The Morgan fingerprint density at radius 3 is 2.27 bits per heavy atom. The van der Waals surface area contributed by atoms with Crippen molar-refractivity contribution in [2.45, 2.75) is 37.5 Å². The number of thiazole rings is 1. The highest BCUT2D eigenvalue weighted by Crippen LogP contribution is 2.27. The van der Waals surface area contributed by atoms with Crippen molar-refractivity contribution in [3.63, 3.8) is 0 Å². The van der Waals surface area contributed by atoms with Crippen LogP contribution in [-0.4, -0.2) is 66.2 Å². The van der Waals surface area contributed by atoms with Crippen LogP contribution in [0.15, 0.2) is 54.2 Å². The van der Waals surface area contributed by atoms with Crippen LogP contribution in [-0.2, 0) is 39.1 Å². The summed E-state index contributed by atoms with van der Waals surface area (Å²) in [7, 11) is -1.94. The van der Waals surface area contributed by atoms with Crippen molar-refractivity contribution < 1.29 is 40.5 Å². The zero-order chi connectivity index (χ0) is 29.5. The van der Waals surface area contributed by atoms with E-state index in [2.05, 4.69) is 15.3 Å². The Bertz CT molecular complexity index is 1410. The maximum Gasteiger partial charge on any atom is 0.409 e. The van der Waals surface area contributed by atoms with Crippen LogP contribution in [0.3, 0.4) is 0 Å². The van der Waals surface area contributed by atoms with Gasteiger partial charge in [0, 0.05) is 31.2 Å². The van der Waals surface area contributed by atoms with Crippen molar-refractivity contribution >= 4 is 39.3 Å². The molecule has 2 amide bonds. The number of nitrogens with one attached hydrogen (secondary N) is 2. The lowest BCUT2D eigenvalue weighted by atomic mass is 10.0. The minimum absolute atomic E-state index is 0. The Balaban J connectivity index is 0.00000588. The molecule has 0 aliphatic carbocycles. The summed E-state index contributed by atoms with van der Waals surface area (Å²) in [5.41, 5.74) is 1.53. The van der Waals surface area contributed by atoms with Crippen molar-refractivity contribution in [3.05, 3.63) is 76.0 Å². The fourth-order valence-electron chi connectivity index (χ4n) is 3.75. The smallest absolute Gasteiger partial charge is 0.409 e. The normalized spacial score (nSPS) is 12.9. The quantitative estimate of drug-likeness (QED) is 0.232. The van der Waals surface area contributed by atoms with Crippen molar-refractivity contribution in [1.82, 2.24) is 26.3 Å². The minimum atomic E-state index is -4.49. The average Bonchev–Trinajstić information content (AvgIpc) is 3.33. The summed E-state index contributed by atoms with van der Waals surface area (Å²) >= 11 is 0.799. The number of halogens is 3. The second kappa shape index (κ2) is 14.2. The van der Waals surface area contributed by atoms with E-state index in [4.69, 9.17) is 9.29 Å². The SMILES string of the molecule is COC(=O)N(C)[C@@H](Cc1ccncc1)C(=O)N[C@@H](Cc1ccc(NS(=O)(=O)O)cc1)c1csc(CC(F)(F)F)n1.N. The van der Waals surface area contributed by atoms with Crippen molar-refractivity contribution in [3.8, 4) is 0 Å². The number of carbonyl (C=O) groups is 2. The first-order valence-corrected chi connectivity index (χ1v) is 13.9. The van der Waals surface area contributed by atoms with Crippen LogP contribution in [0, 0.1) is 0 Å². The second-order valence-corrected chi connectivity index (χ2v) is 10.8. The van der Waals surface area contributed by atoms with E-state index in [1.807, 2.05) is 4.72 Å². The molecule has 0 spiro atoms. The van der Waals surface area contributed by atoms with Gasteiger partial charge in [0.25, 0.3) is 0 Å². The van der Waals surface area contributed by atoms with E-state index < -0.39 is 47.0 Å². The number of alkyl halides is 3. The molecule has 6 N–H and O–H groups in total. The largest absolute Gasteiger partial charge is 0.453 e. The average molecular weight is 619 g/mol. The molecule has 0 saturated heterocycles. The molecule has 12 nitrogen and oxygen atoms in total. The Morgan fingerprint density at radius 2 is 1.71 bits per heavy atom. The number of likely N-dealkylation sites (N-methyl/N-ethyl adjacent to an activating group) is 1. The minimum Gasteiger partial charge on any atom is -0.453 e. The van der Waals surface area contributed by atoms with Gasteiger partial charge in [0.2, 0.25) is 5.91 Å². The van der Waals surface area contributed by atoms with E-state index in [1.165, 1.54) is 56.2 Å². The van der Waals surface area contributed by atoms with Crippen molar-refractivity contribution in [2.75, 3.05) is 18.9 Å². The lowest BCUT2D eigenvalue weighted by Gasteiger charge is -2.28. The molecule has 0 aliphatic rings. The second-order valence-electron chi connectivity index (χ2n) is 8.65. The third-order valence-corrected chi connectivity index (χ3v) is 7.01. The van der Waals surface area contributed by atoms with Crippen LogP contribution in [0.5, 0.6) is 0 Å². The van der Waals surface area contributed by atoms with Gasteiger partial charge < -0.3 is 16.2 Å². The molecule has 2 heterocycles. The maximum atomic E-state index is 13.5. The number of methoxy groups -OCH3 is 1. The Kier molecular flexibility index (Phi) is 11.6. The summed E-state index contributed by atoms with van der Waals surface area (Å²) in [6.07, 6.45) is -3.25. The van der Waals surface area contributed by atoms with Crippen molar-refractivity contribution in [1.29, 1.82) is 0 Å². The van der Waals surface area contributed by atoms with Gasteiger partial charge in [-0.15, -0.1) is 11.3 Å². The molecule has 0 radical (unpaired) electrons. The molecule has 0 aliphatic heterocycles. The number of amides is 2. The number of benzene rings is 1. The van der Waals surface area contributed by atoms with E-state index in [0.29, 0.717) is 11.1 Å². The number of rotatable bonds is 11. The molecule has 41 heavy (non-hydrogen) atoms. The number of ether oxygens (including phenoxy) is 1. The molecule has 0 saturated carbocycles. The Morgan fingerprint density at radius 1 is 1.10 bits per heavy atom. The standard InChI is InChI=1S/C24H26F3N5O6S2.H3N/c1-32(23(34)38-2)20(12-16-7-9-28-10-8-16)22(33)30-18(19-14-39-21(29-19)13-24(25,26)27)11-15-3-5-17(6-4-15)31-40(35,36)37;/h3-10,14,18,20,31H,11-13H2,1-2H3,(H,30,33)(H,35,36,37);1H3/t18-,20-;/m0./s1. The van der Waals surface area contributed by atoms with Crippen LogP contribution in [0.1, 0.15) is 27.9 Å². The van der Waals surface area contributed by atoms with Gasteiger partial charge in [0.05, 0.1) is 31.0 Å². The Hall–Kier alpha value is -3.80. The molecule has 2 aromatic heterocycles. The summed E-state index contributed by atoms with van der Waals surface area (Å²) in [4.78, 5) is 35.0. The molecule has 17 heteroatoms.